The number of carbonyl (C=O) groups is 1. The molecule has 2 nitrogen and oxygen atoms in total. The lowest BCUT2D eigenvalue weighted by Gasteiger charge is -2.05. The van der Waals surface area contributed by atoms with E-state index >= 15 is 0 Å². The van der Waals surface area contributed by atoms with Gasteiger partial charge in [0, 0.05) is 17.3 Å². The van der Waals surface area contributed by atoms with Crippen molar-refractivity contribution in [3.05, 3.63) is 84.4 Å². The molecule has 0 spiro atoms. The molecular weight excluding hydrogens is 277 g/mol. The monoisotopic (exact) mass is 291 g/mol. The predicted molar refractivity (Wildman–Crippen MR) is 88.1 cm³/mol. The number of rotatable bonds is 3. The molecule has 1 N–H and O–H groups in total. The molecule has 0 bridgehead atoms. The number of anilines is 1. The van der Waals surface area contributed by atoms with Crippen LogP contribution in [0.2, 0.25) is 0 Å². The molecule has 0 atom stereocenters. The molecule has 0 aromatic heterocycles. The fourth-order valence-corrected chi connectivity index (χ4v) is 2.24. The Labute approximate surface area is 127 Å². The number of fused-ring (bicyclic) bond motifs is 1. The molecule has 1 amide bonds. The fraction of sp³-hybridized carbons (Fsp3) is 0. The Morgan fingerprint density at radius 3 is 2.32 bits per heavy atom. The quantitative estimate of drug-likeness (QED) is 0.691. The molecule has 3 aromatic carbocycles. The van der Waals surface area contributed by atoms with E-state index in [1.54, 1.807) is 36.4 Å². The van der Waals surface area contributed by atoms with E-state index in [-0.39, 0.29) is 0 Å². The summed E-state index contributed by atoms with van der Waals surface area (Å²) >= 11 is 0. The number of amides is 1. The molecule has 0 aliphatic heterocycles. The highest BCUT2D eigenvalue weighted by molar-refractivity contribution is 6.04. The second-order valence-electron chi connectivity index (χ2n) is 4.91. The van der Waals surface area contributed by atoms with E-state index in [1.807, 2.05) is 36.4 Å². The summed E-state index contributed by atoms with van der Waals surface area (Å²) in [4.78, 5) is 11.9. The van der Waals surface area contributed by atoms with Crippen LogP contribution in [0.1, 0.15) is 5.56 Å². The molecule has 0 heterocycles. The van der Waals surface area contributed by atoms with E-state index in [1.165, 1.54) is 0 Å². The van der Waals surface area contributed by atoms with Crippen LogP contribution >= 0.6 is 0 Å². The average molecular weight is 291 g/mol. The summed E-state index contributed by atoms with van der Waals surface area (Å²) < 4.78 is 13.9. The zero-order valence-electron chi connectivity index (χ0n) is 11.8. The number of benzene rings is 3. The van der Waals surface area contributed by atoms with Crippen LogP contribution < -0.4 is 5.32 Å². The minimum Gasteiger partial charge on any atom is -0.322 e. The minimum atomic E-state index is -0.557. The van der Waals surface area contributed by atoms with Gasteiger partial charge in [0.05, 0.1) is 0 Å². The molecule has 0 unspecified atom stereocenters. The van der Waals surface area contributed by atoms with E-state index in [0.717, 1.165) is 16.8 Å². The lowest BCUT2D eigenvalue weighted by atomic mass is 10.1. The Bertz CT molecular complexity index is 840. The van der Waals surface area contributed by atoms with Crippen molar-refractivity contribution in [2.24, 2.45) is 0 Å². The van der Waals surface area contributed by atoms with Crippen LogP contribution in [-0.4, -0.2) is 5.91 Å². The van der Waals surface area contributed by atoms with Gasteiger partial charge in [-0.2, -0.15) is 0 Å². The van der Waals surface area contributed by atoms with Gasteiger partial charge in [-0.15, -0.1) is 0 Å². The maximum absolute atomic E-state index is 13.9. The van der Waals surface area contributed by atoms with E-state index in [2.05, 4.69) is 5.32 Å². The van der Waals surface area contributed by atoms with Crippen LogP contribution in [-0.2, 0) is 4.79 Å². The minimum absolute atomic E-state index is 0.385. The molecular formula is C19H14FNO. The maximum atomic E-state index is 13.9. The highest BCUT2D eigenvalue weighted by Crippen LogP contribution is 2.20. The van der Waals surface area contributed by atoms with Gasteiger partial charge in [-0.05, 0) is 22.9 Å². The lowest BCUT2D eigenvalue weighted by molar-refractivity contribution is -0.111. The standard InChI is InChI=1S/C19H14FNO/c20-18(15-7-2-1-3-8-15)13-19(22)21-17-11-10-14-6-4-5-9-16(14)12-17/h1-13H,(H,21,22)/b18-13+. The smallest absolute Gasteiger partial charge is 0.251 e. The Morgan fingerprint density at radius 1 is 0.864 bits per heavy atom. The molecule has 0 radical (unpaired) electrons. The zero-order chi connectivity index (χ0) is 15.4. The largest absolute Gasteiger partial charge is 0.322 e. The van der Waals surface area contributed by atoms with Gasteiger partial charge < -0.3 is 5.32 Å². The third kappa shape index (κ3) is 3.20. The van der Waals surface area contributed by atoms with Crippen LogP contribution in [0.4, 0.5) is 10.1 Å². The van der Waals surface area contributed by atoms with Crippen molar-refractivity contribution in [3.63, 3.8) is 0 Å². The summed E-state index contributed by atoms with van der Waals surface area (Å²) in [7, 11) is 0. The molecule has 0 saturated heterocycles. The Balaban J connectivity index is 1.78. The maximum Gasteiger partial charge on any atom is 0.251 e. The van der Waals surface area contributed by atoms with E-state index < -0.39 is 11.7 Å². The molecule has 22 heavy (non-hydrogen) atoms. The fourth-order valence-electron chi connectivity index (χ4n) is 2.24. The van der Waals surface area contributed by atoms with Crippen LogP contribution in [0, 0.1) is 0 Å². The van der Waals surface area contributed by atoms with Crippen LogP contribution in [0.15, 0.2) is 78.9 Å². The second-order valence-corrected chi connectivity index (χ2v) is 4.91. The van der Waals surface area contributed by atoms with Crippen molar-refractivity contribution >= 4 is 28.2 Å². The van der Waals surface area contributed by atoms with Gasteiger partial charge in [0.2, 0.25) is 0 Å². The molecule has 3 rings (SSSR count). The van der Waals surface area contributed by atoms with Crippen LogP contribution in [0.3, 0.4) is 0 Å². The molecule has 108 valence electrons. The van der Waals surface area contributed by atoms with Crippen molar-refractivity contribution in [3.8, 4) is 0 Å². The highest BCUT2D eigenvalue weighted by Gasteiger charge is 2.05. The third-order valence-corrected chi connectivity index (χ3v) is 3.32. The van der Waals surface area contributed by atoms with Gasteiger partial charge in [-0.1, -0.05) is 60.7 Å². The summed E-state index contributed by atoms with van der Waals surface area (Å²) in [6.07, 6.45) is 0.963. The van der Waals surface area contributed by atoms with Crippen molar-refractivity contribution in [1.82, 2.24) is 0 Å². The number of hydrogen-bond acceptors (Lipinski definition) is 1. The van der Waals surface area contributed by atoms with E-state index in [4.69, 9.17) is 0 Å². The summed E-state index contributed by atoms with van der Waals surface area (Å²) in [5, 5.41) is 4.79. The van der Waals surface area contributed by atoms with Crippen molar-refractivity contribution < 1.29 is 9.18 Å². The van der Waals surface area contributed by atoms with Crippen molar-refractivity contribution in [2.75, 3.05) is 5.32 Å². The van der Waals surface area contributed by atoms with Crippen LogP contribution in [0.25, 0.3) is 16.6 Å². The first-order valence-electron chi connectivity index (χ1n) is 6.95. The zero-order valence-corrected chi connectivity index (χ0v) is 11.8. The van der Waals surface area contributed by atoms with E-state index in [0.29, 0.717) is 11.3 Å². The molecule has 0 aliphatic carbocycles. The van der Waals surface area contributed by atoms with Crippen molar-refractivity contribution in [1.29, 1.82) is 0 Å². The summed E-state index contributed by atoms with van der Waals surface area (Å²) in [6.45, 7) is 0. The lowest BCUT2D eigenvalue weighted by Crippen LogP contribution is -2.08. The molecule has 3 aromatic rings. The third-order valence-electron chi connectivity index (χ3n) is 3.32. The number of halogens is 1. The predicted octanol–water partition coefficient (Wildman–Crippen LogP) is 4.79. The number of carbonyl (C=O) groups excluding carboxylic acids is 1. The van der Waals surface area contributed by atoms with E-state index in [9.17, 15) is 9.18 Å². The first-order valence-corrected chi connectivity index (χ1v) is 6.95. The number of hydrogen-bond donors (Lipinski definition) is 1. The van der Waals surface area contributed by atoms with Gasteiger partial charge in [-0.3, -0.25) is 4.79 Å². The first-order chi connectivity index (χ1) is 10.7. The van der Waals surface area contributed by atoms with Gasteiger partial charge in [0.1, 0.15) is 5.83 Å². The molecule has 3 heteroatoms. The normalized spacial score (nSPS) is 11.4. The molecule has 0 saturated carbocycles. The van der Waals surface area contributed by atoms with Gasteiger partial charge >= 0.3 is 0 Å². The second kappa shape index (κ2) is 6.22. The summed E-state index contributed by atoms with van der Waals surface area (Å²) in [5.74, 6) is -1.05. The molecule has 0 aliphatic rings. The van der Waals surface area contributed by atoms with Gasteiger partial charge in [0.15, 0.2) is 0 Å². The topological polar surface area (TPSA) is 29.1 Å². The Hall–Kier alpha value is -2.94. The summed E-state index contributed by atoms with van der Waals surface area (Å²) in [5.41, 5.74) is 1.02. The average Bonchev–Trinajstić information content (AvgIpc) is 2.55. The Morgan fingerprint density at radius 2 is 1.55 bits per heavy atom. The van der Waals surface area contributed by atoms with Gasteiger partial charge in [0.25, 0.3) is 5.91 Å². The van der Waals surface area contributed by atoms with Gasteiger partial charge in [-0.25, -0.2) is 4.39 Å². The number of nitrogens with one attached hydrogen (secondary N) is 1. The summed E-state index contributed by atoms with van der Waals surface area (Å²) in [6, 6.07) is 21.9. The van der Waals surface area contributed by atoms with Crippen LogP contribution in [0.5, 0.6) is 0 Å². The highest BCUT2D eigenvalue weighted by atomic mass is 19.1. The Kier molecular flexibility index (Phi) is 3.97. The SMILES string of the molecule is O=C(/C=C(/F)c1ccccc1)Nc1ccc2ccccc2c1. The molecule has 0 fully saturated rings. The first kappa shape index (κ1) is 14.0. The van der Waals surface area contributed by atoms with Crippen molar-refractivity contribution in [2.45, 2.75) is 0 Å².